The first-order valence-electron chi connectivity index (χ1n) is 8.75. The van der Waals surface area contributed by atoms with E-state index in [1.807, 2.05) is 18.7 Å². The average Bonchev–Trinajstić information content (AvgIpc) is 2.64. The van der Waals surface area contributed by atoms with E-state index in [9.17, 15) is 9.59 Å². The van der Waals surface area contributed by atoms with Gasteiger partial charge in [0.2, 0.25) is 5.91 Å². The summed E-state index contributed by atoms with van der Waals surface area (Å²) in [6, 6.07) is 5.22. The van der Waals surface area contributed by atoms with Crippen molar-refractivity contribution >= 4 is 11.8 Å². The van der Waals surface area contributed by atoms with E-state index >= 15 is 0 Å². The molecule has 0 bridgehead atoms. The second kappa shape index (κ2) is 8.74. The Labute approximate surface area is 149 Å². The highest BCUT2D eigenvalue weighted by molar-refractivity contribution is 5.95. The van der Waals surface area contributed by atoms with Crippen molar-refractivity contribution in [2.24, 2.45) is 11.8 Å². The summed E-state index contributed by atoms with van der Waals surface area (Å²) in [4.78, 5) is 26.4. The molecule has 1 aromatic rings. The number of amides is 2. The molecule has 138 valence electrons. The third-order valence-corrected chi connectivity index (χ3v) is 4.53. The SMILES string of the molecule is COc1ccc(C(=O)N2CCCC(CNC(=O)C(C)C)C2)cc1OC. The molecule has 1 aliphatic rings. The fraction of sp³-hybridized carbons (Fsp3) is 0.579. The second-order valence-electron chi connectivity index (χ2n) is 6.73. The number of nitrogens with zero attached hydrogens (tertiary/aromatic N) is 1. The lowest BCUT2D eigenvalue weighted by Gasteiger charge is -2.33. The molecule has 1 fully saturated rings. The number of carbonyl (C=O) groups is 2. The van der Waals surface area contributed by atoms with Crippen molar-refractivity contribution in [1.29, 1.82) is 0 Å². The van der Waals surface area contributed by atoms with Crippen molar-refractivity contribution in [3.05, 3.63) is 23.8 Å². The van der Waals surface area contributed by atoms with Crippen molar-refractivity contribution in [3.8, 4) is 11.5 Å². The lowest BCUT2D eigenvalue weighted by Crippen LogP contribution is -2.44. The maximum Gasteiger partial charge on any atom is 0.254 e. The lowest BCUT2D eigenvalue weighted by atomic mass is 9.97. The van der Waals surface area contributed by atoms with Crippen LogP contribution in [0, 0.1) is 11.8 Å². The number of nitrogens with one attached hydrogen (secondary N) is 1. The first kappa shape index (κ1) is 19.1. The summed E-state index contributed by atoms with van der Waals surface area (Å²) in [5.41, 5.74) is 0.588. The fourth-order valence-corrected chi connectivity index (χ4v) is 3.02. The molecular weight excluding hydrogens is 320 g/mol. The van der Waals surface area contributed by atoms with E-state index in [4.69, 9.17) is 9.47 Å². The number of rotatable bonds is 6. The molecule has 0 radical (unpaired) electrons. The Morgan fingerprint density at radius 1 is 1.24 bits per heavy atom. The summed E-state index contributed by atoms with van der Waals surface area (Å²) >= 11 is 0. The standard InChI is InChI=1S/C19H28N2O4/c1-13(2)18(22)20-11-14-6-5-9-21(12-14)19(23)15-7-8-16(24-3)17(10-15)25-4/h7-8,10,13-14H,5-6,9,11-12H2,1-4H3,(H,20,22). The molecule has 0 saturated carbocycles. The summed E-state index contributed by atoms with van der Waals surface area (Å²) < 4.78 is 10.5. The highest BCUT2D eigenvalue weighted by Crippen LogP contribution is 2.28. The number of piperidine rings is 1. The van der Waals surface area contributed by atoms with Crippen LogP contribution in [0.3, 0.4) is 0 Å². The van der Waals surface area contributed by atoms with Gasteiger partial charge in [0.15, 0.2) is 11.5 Å². The van der Waals surface area contributed by atoms with Gasteiger partial charge >= 0.3 is 0 Å². The minimum absolute atomic E-state index is 0.0131. The lowest BCUT2D eigenvalue weighted by molar-refractivity contribution is -0.124. The van der Waals surface area contributed by atoms with Crippen LogP contribution in [0.1, 0.15) is 37.0 Å². The Kier molecular flexibility index (Phi) is 6.67. The molecule has 1 saturated heterocycles. The van der Waals surface area contributed by atoms with E-state index in [2.05, 4.69) is 5.32 Å². The van der Waals surface area contributed by atoms with Crippen molar-refractivity contribution < 1.29 is 19.1 Å². The van der Waals surface area contributed by atoms with Crippen LogP contribution in [0.15, 0.2) is 18.2 Å². The molecule has 1 aliphatic heterocycles. The van der Waals surface area contributed by atoms with Crippen LogP contribution in [0.2, 0.25) is 0 Å². The summed E-state index contributed by atoms with van der Waals surface area (Å²) in [5.74, 6) is 1.47. The van der Waals surface area contributed by atoms with Gasteiger partial charge in [-0.15, -0.1) is 0 Å². The van der Waals surface area contributed by atoms with Crippen molar-refractivity contribution in [1.82, 2.24) is 10.2 Å². The van der Waals surface area contributed by atoms with Crippen LogP contribution in [0.4, 0.5) is 0 Å². The van der Waals surface area contributed by atoms with Crippen LogP contribution >= 0.6 is 0 Å². The zero-order chi connectivity index (χ0) is 18.4. The molecule has 25 heavy (non-hydrogen) atoms. The molecule has 1 unspecified atom stereocenters. The molecule has 2 rings (SSSR count). The minimum Gasteiger partial charge on any atom is -0.493 e. The highest BCUT2D eigenvalue weighted by Gasteiger charge is 2.25. The summed E-state index contributed by atoms with van der Waals surface area (Å²) in [5, 5.41) is 2.97. The van der Waals surface area contributed by atoms with Gasteiger partial charge in [0.05, 0.1) is 14.2 Å². The predicted octanol–water partition coefficient (Wildman–Crippen LogP) is 2.33. The zero-order valence-corrected chi connectivity index (χ0v) is 15.5. The van der Waals surface area contributed by atoms with Crippen molar-refractivity contribution in [3.63, 3.8) is 0 Å². The van der Waals surface area contributed by atoms with E-state index in [-0.39, 0.29) is 17.7 Å². The normalized spacial score (nSPS) is 17.3. The third-order valence-electron chi connectivity index (χ3n) is 4.53. The maximum atomic E-state index is 12.8. The van der Waals surface area contributed by atoms with Crippen molar-refractivity contribution in [2.75, 3.05) is 33.9 Å². The molecule has 6 heteroatoms. The fourth-order valence-electron chi connectivity index (χ4n) is 3.02. The van der Waals surface area contributed by atoms with Gasteiger partial charge < -0.3 is 19.7 Å². The Morgan fingerprint density at radius 2 is 1.96 bits per heavy atom. The molecular formula is C19H28N2O4. The van der Waals surface area contributed by atoms with E-state index in [0.29, 0.717) is 36.1 Å². The number of methoxy groups -OCH3 is 2. The van der Waals surface area contributed by atoms with Gasteiger partial charge in [-0.05, 0) is 37.0 Å². The second-order valence-corrected chi connectivity index (χ2v) is 6.73. The van der Waals surface area contributed by atoms with Crippen LogP contribution in [-0.2, 0) is 4.79 Å². The van der Waals surface area contributed by atoms with Gasteiger partial charge in [0.1, 0.15) is 0 Å². The van der Waals surface area contributed by atoms with Gasteiger partial charge in [0, 0.05) is 31.1 Å². The van der Waals surface area contributed by atoms with E-state index in [1.54, 1.807) is 32.4 Å². The molecule has 1 N–H and O–H groups in total. The van der Waals surface area contributed by atoms with Crippen LogP contribution in [0.25, 0.3) is 0 Å². The number of carbonyl (C=O) groups excluding carboxylic acids is 2. The van der Waals surface area contributed by atoms with Crippen LogP contribution in [0.5, 0.6) is 11.5 Å². The molecule has 6 nitrogen and oxygen atoms in total. The Morgan fingerprint density at radius 3 is 2.60 bits per heavy atom. The molecule has 0 aromatic heterocycles. The predicted molar refractivity (Wildman–Crippen MR) is 96.0 cm³/mol. The smallest absolute Gasteiger partial charge is 0.254 e. The quantitative estimate of drug-likeness (QED) is 0.857. The number of hydrogen-bond acceptors (Lipinski definition) is 4. The van der Waals surface area contributed by atoms with Crippen molar-refractivity contribution in [2.45, 2.75) is 26.7 Å². The summed E-state index contributed by atoms with van der Waals surface area (Å²) in [7, 11) is 3.13. The number of ether oxygens (including phenoxy) is 2. The van der Waals surface area contributed by atoms with Gasteiger partial charge in [0.25, 0.3) is 5.91 Å². The highest BCUT2D eigenvalue weighted by atomic mass is 16.5. The molecule has 1 atom stereocenters. The largest absolute Gasteiger partial charge is 0.493 e. The van der Waals surface area contributed by atoms with E-state index in [1.165, 1.54) is 0 Å². The topological polar surface area (TPSA) is 67.9 Å². The van der Waals surface area contributed by atoms with E-state index < -0.39 is 0 Å². The molecule has 2 amide bonds. The molecule has 1 heterocycles. The van der Waals surface area contributed by atoms with Gasteiger partial charge in [-0.25, -0.2) is 0 Å². The Balaban J connectivity index is 2.00. The van der Waals surface area contributed by atoms with E-state index in [0.717, 1.165) is 19.4 Å². The zero-order valence-electron chi connectivity index (χ0n) is 15.5. The number of likely N-dealkylation sites (tertiary alicyclic amines) is 1. The van der Waals surface area contributed by atoms with Crippen LogP contribution < -0.4 is 14.8 Å². The molecule has 0 spiro atoms. The monoisotopic (exact) mass is 348 g/mol. The summed E-state index contributed by atoms with van der Waals surface area (Å²) in [6.07, 6.45) is 1.97. The summed E-state index contributed by atoms with van der Waals surface area (Å²) in [6.45, 7) is 5.77. The van der Waals surface area contributed by atoms with Gasteiger partial charge in [-0.2, -0.15) is 0 Å². The van der Waals surface area contributed by atoms with Gasteiger partial charge in [-0.3, -0.25) is 9.59 Å². The Bertz CT molecular complexity index is 615. The Hall–Kier alpha value is -2.24. The molecule has 0 aliphatic carbocycles. The first-order valence-corrected chi connectivity index (χ1v) is 8.75. The maximum absolute atomic E-state index is 12.8. The number of benzene rings is 1. The average molecular weight is 348 g/mol. The first-order chi connectivity index (χ1) is 12.0. The van der Waals surface area contributed by atoms with Gasteiger partial charge in [-0.1, -0.05) is 13.8 Å². The van der Waals surface area contributed by atoms with Crippen LogP contribution in [-0.4, -0.2) is 50.6 Å². The third kappa shape index (κ3) is 4.87. The number of hydrogen-bond donors (Lipinski definition) is 1. The minimum atomic E-state index is -0.0203. The molecule has 1 aromatic carbocycles.